The summed E-state index contributed by atoms with van der Waals surface area (Å²) in [6, 6.07) is 16.6. The maximum atomic E-state index is 11.2. The highest BCUT2D eigenvalue weighted by atomic mass is 32.2. The summed E-state index contributed by atoms with van der Waals surface area (Å²) in [5.74, 6) is 1.59. The van der Waals surface area contributed by atoms with E-state index in [4.69, 9.17) is 5.14 Å². The van der Waals surface area contributed by atoms with Gasteiger partial charge >= 0.3 is 0 Å². The van der Waals surface area contributed by atoms with Gasteiger partial charge in [-0.2, -0.15) is 0 Å². The van der Waals surface area contributed by atoms with Gasteiger partial charge < -0.3 is 0 Å². The zero-order chi connectivity index (χ0) is 15.5. The van der Waals surface area contributed by atoms with Crippen molar-refractivity contribution >= 4 is 11.0 Å². The fourth-order valence-electron chi connectivity index (χ4n) is 3.67. The summed E-state index contributed by atoms with van der Waals surface area (Å²) < 4.78 is 11.2. The fraction of sp³-hybridized carbons (Fsp3) is 0.368. The Morgan fingerprint density at radius 2 is 1.59 bits per heavy atom. The summed E-state index contributed by atoms with van der Waals surface area (Å²) in [5, 5.41) is 5.39. The Morgan fingerprint density at radius 3 is 2.14 bits per heavy atom. The van der Waals surface area contributed by atoms with Crippen LogP contribution in [0.25, 0.3) is 11.1 Å². The largest absolute Gasteiger partial charge is 0.248 e. The van der Waals surface area contributed by atoms with Crippen LogP contribution in [0.1, 0.15) is 44.1 Å². The third-order valence-electron chi connectivity index (χ3n) is 4.94. The Hall–Kier alpha value is -1.45. The minimum absolute atomic E-state index is 0.664. The molecule has 3 unspecified atom stereocenters. The first kappa shape index (κ1) is 15.4. The monoisotopic (exact) mass is 313 g/mol. The summed E-state index contributed by atoms with van der Waals surface area (Å²) in [4.78, 5) is 0.664. The molecule has 2 nitrogen and oxygen atoms in total. The number of benzene rings is 2. The highest BCUT2D eigenvalue weighted by molar-refractivity contribution is 7.82. The van der Waals surface area contributed by atoms with Crippen LogP contribution in [-0.2, 0) is 11.0 Å². The quantitative estimate of drug-likeness (QED) is 0.878. The van der Waals surface area contributed by atoms with E-state index in [-0.39, 0.29) is 0 Å². The van der Waals surface area contributed by atoms with Crippen molar-refractivity contribution in [3.8, 4) is 11.1 Å². The zero-order valence-corrected chi connectivity index (χ0v) is 13.8. The molecule has 3 heteroatoms. The molecule has 0 radical (unpaired) electrons. The molecular formula is C19H23NOS. The predicted octanol–water partition coefficient (Wildman–Crippen LogP) is 4.63. The smallest absolute Gasteiger partial charge is 0.122 e. The minimum atomic E-state index is -1.40. The van der Waals surface area contributed by atoms with Gasteiger partial charge in [0.25, 0.3) is 0 Å². The molecule has 22 heavy (non-hydrogen) atoms. The van der Waals surface area contributed by atoms with Gasteiger partial charge in [0.2, 0.25) is 0 Å². The molecule has 0 aliphatic heterocycles. The van der Waals surface area contributed by atoms with Gasteiger partial charge in [-0.1, -0.05) is 56.2 Å². The van der Waals surface area contributed by atoms with Gasteiger partial charge in [-0.3, -0.25) is 0 Å². The molecule has 1 saturated carbocycles. The summed E-state index contributed by atoms with van der Waals surface area (Å²) in [5.41, 5.74) is 3.82. The third kappa shape index (κ3) is 3.16. The molecule has 2 aromatic rings. The van der Waals surface area contributed by atoms with Gasteiger partial charge in [0.15, 0.2) is 0 Å². The maximum Gasteiger partial charge on any atom is 0.122 e. The van der Waals surface area contributed by atoms with Crippen LogP contribution in [0.3, 0.4) is 0 Å². The van der Waals surface area contributed by atoms with Gasteiger partial charge in [0.1, 0.15) is 11.0 Å². The zero-order valence-electron chi connectivity index (χ0n) is 13.0. The number of hydrogen-bond acceptors (Lipinski definition) is 1. The Labute approximate surface area is 135 Å². The van der Waals surface area contributed by atoms with Crippen molar-refractivity contribution in [1.29, 1.82) is 0 Å². The van der Waals surface area contributed by atoms with Crippen molar-refractivity contribution in [2.24, 2.45) is 11.1 Å². The second-order valence-corrected chi connectivity index (χ2v) is 7.22. The van der Waals surface area contributed by atoms with Crippen molar-refractivity contribution < 1.29 is 4.21 Å². The van der Waals surface area contributed by atoms with Crippen molar-refractivity contribution in [3.63, 3.8) is 0 Å². The fourth-order valence-corrected chi connectivity index (χ4v) is 4.07. The molecule has 2 aromatic carbocycles. The van der Waals surface area contributed by atoms with Gasteiger partial charge in [0.05, 0.1) is 4.90 Å². The van der Waals surface area contributed by atoms with E-state index in [2.05, 4.69) is 31.2 Å². The summed E-state index contributed by atoms with van der Waals surface area (Å²) in [6.45, 7) is 2.31. The molecule has 0 heterocycles. The van der Waals surface area contributed by atoms with Crippen molar-refractivity contribution in [3.05, 3.63) is 54.1 Å². The van der Waals surface area contributed by atoms with E-state index < -0.39 is 11.0 Å². The second kappa shape index (κ2) is 6.76. The number of hydrogen-bond donors (Lipinski definition) is 1. The lowest BCUT2D eigenvalue weighted by atomic mass is 9.86. The average Bonchev–Trinajstić information content (AvgIpc) is 3.04. The van der Waals surface area contributed by atoms with Gasteiger partial charge in [-0.25, -0.2) is 9.35 Å². The normalized spacial score (nSPS) is 22.6. The Bertz CT molecular complexity index is 648. The first-order chi connectivity index (χ1) is 10.7. The summed E-state index contributed by atoms with van der Waals surface area (Å²) in [7, 11) is -1.40. The first-order valence-corrected chi connectivity index (χ1v) is 9.27. The van der Waals surface area contributed by atoms with Crippen LogP contribution in [0.2, 0.25) is 0 Å². The van der Waals surface area contributed by atoms with E-state index in [0.29, 0.717) is 4.90 Å². The molecule has 2 N–H and O–H groups in total. The SMILES string of the molecule is CCC1CCCC1c1ccc(-c2ccc(S(N)=O)cc2)cc1. The molecule has 116 valence electrons. The molecule has 3 rings (SSSR count). The van der Waals surface area contributed by atoms with E-state index >= 15 is 0 Å². The third-order valence-corrected chi connectivity index (χ3v) is 5.68. The van der Waals surface area contributed by atoms with Gasteiger partial charge in [-0.05, 0) is 53.5 Å². The first-order valence-electron chi connectivity index (χ1n) is 8.05. The molecule has 0 amide bonds. The van der Waals surface area contributed by atoms with Crippen LogP contribution < -0.4 is 5.14 Å². The molecule has 1 aliphatic rings. The van der Waals surface area contributed by atoms with Crippen molar-refractivity contribution in [1.82, 2.24) is 0 Å². The Morgan fingerprint density at radius 1 is 1.00 bits per heavy atom. The van der Waals surface area contributed by atoms with Crippen molar-refractivity contribution in [2.75, 3.05) is 0 Å². The molecular weight excluding hydrogens is 290 g/mol. The highest BCUT2D eigenvalue weighted by Crippen LogP contribution is 2.41. The van der Waals surface area contributed by atoms with Crippen LogP contribution >= 0.6 is 0 Å². The van der Waals surface area contributed by atoms with Crippen LogP contribution in [0.5, 0.6) is 0 Å². The lowest BCUT2D eigenvalue weighted by molar-refractivity contribution is 0.470. The molecule has 1 fully saturated rings. The van der Waals surface area contributed by atoms with E-state index in [1.54, 1.807) is 0 Å². The van der Waals surface area contributed by atoms with E-state index in [9.17, 15) is 4.21 Å². The van der Waals surface area contributed by atoms with Crippen LogP contribution in [-0.4, -0.2) is 4.21 Å². The Kier molecular flexibility index (Phi) is 4.74. The molecule has 0 saturated heterocycles. The number of nitrogens with two attached hydrogens (primary N) is 1. The predicted molar refractivity (Wildman–Crippen MR) is 92.8 cm³/mol. The lowest BCUT2D eigenvalue weighted by Crippen LogP contribution is -2.04. The second-order valence-electron chi connectivity index (χ2n) is 6.15. The van der Waals surface area contributed by atoms with Crippen molar-refractivity contribution in [2.45, 2.75) is 43.4 Å². The molecule has 3 atom stereocenters. The van der Waals surface area contributed by atoms with Gasteiger partial charge in [0, 0.05) is 0 Å². The highest BCUT2D eigenvalue weighted by Gasteiger charge is 2.26. The maximum absolute atomic E-state index is 11.2. The van der Waals surface area contributed by atoms with E-state index in [1.807, 2.05) is 24.3 Å². The van der Waals surface area contributed by atoms with Gasteiger partial charge in [-0.15, -0.1) is 0 Å². The summed E-state index contributed by atoms with van der Waals surface area (Å²) >= 11 is 0. The van der Waals surface area contributed by atoms with E-state index in [0.717, 1.165) is 17.4 Å². The molecule has 1 aliphatic carbocycles. The average molecular weight is 313 g/mol. The molecule has 0 bridgehead atoms. The molecule has 0 aromatic heterocycles. The molecule has 0 spiro atoms. The Balaban J connectivity index is 1.80. The van der Waals surface area contributed by atoms with Crippen LogP contribution in [0.4, 0.5) is 0 Å². The topological polar surface area (TPSA) is 43.1 Å². The summed E-state index contributed by atoms with van der Waals surface area (Å²) in [6.07, 6.45) is 5.35. The number of rotatable bonds is 4. The van der Waals surface area contributed by atoms with Crippen LogP contribution in [0.15, 0.2) is 53.4 Å². The van der Waals surface area contributed by atoms with E-state index in [1.165, 1.54) is 36.8 Å². The standard InChI is InChI=1S/C19H23NOS/c1-2-14-4-3-5-19(14)17-8-6-15(7-9-17)16-10-12-18(13-11-16)22(20)21/h6-14,19H,2-5,20H2,1H3. The van der Waals surface area contributed by atoms with Crippen LogP contribution in [0, 0.1) is 5.92 Å². The minimum Gasteiger partial charge on any atom is -0.248 e. The lowest BCUT2D eigenvalue weighted by Gasteiger charge is -2.18.